The van der Waals surface area contributed by atoms with Crippen LogP contribution in [0.5, 0.6) is 5.75 Å². The van der Waals surface area contributed by atoms with Crippen molar-refractivity contribution < 1.29 is 14.3 Å². The maximum Gasteiger partial charge on any atom is 0.234 e. The van der Waals surface area contributed by atoms with Crippen LogP contribution in [0.15, 0.2) is 53.7 Å². The highest BCUT2D eigenvalue weighted by molar-refractivity contribution is 7.99. The fraction of sp³-hybridized carbons (Fsp3) is 0.385. The summed E-state index contributed by atoms with van der Waals surface area (Å²) in [6, 6.07) is 15.1. The summed E-state index contributed by atoms with van der Waals surface area (Å²) >= 11 is 1.33. The molecule has 0 spiro atoms. The van der Waals surface area contributed by atoms with E-state index in [0.717, 1.165) is 17.1 Å². The normalized spacial score (nSPS) is 12.0. The molecule has 35 heavy (non-hydrogen) atoms. The Hall–Kier alpha value is -3.33. The highest BCUT2D eigenvalue weighted by atomic mass is 32.2. The van der Waals surface area contributed by atoms with Crippen molar-refractivity contribution in [2.45, 2.75) is 64.8 Å². The van der Waals surface area contributed by atoms with Crippen LogP contribution in [0.3, 0.4) is 0 Å². The number of amides is 2. The van der Waals surface area contributed by atoms with Gasteiger partial charge in [-0.25, -0.2) is 0 Å². The number of nitrogens with one attached hydrogen (secondary N) is 2. The maximum absolute atomic E-state index is 12.5. The topological polar surface area (TPSA) is 98.1 Å². The van der Waals surface area contributed by atoms with Crippen molar-refractivity contribution >= 4 is 35.0 Å². The van der Waals surface area contributed by atoms with Crippen molar-refractivity contribution in [3.63, 3.8) is 0 Å². The third-order valence-corrected chi connectivity index (χ3v) is 6.18. The van der Waals surface area contributed by atoms with E-state index in [1.165, 1.54) is 18.7 Å². The molecule has 1 aromatic heterocycles. The Morgan fingerprint density at radius 3 is 2.17 bits per heavy atom. The number of hydrogen-bond acceptors (Lipinski definition) is 6. The summed E-state index contributed by atoms with van der Waals surface area (Å²) in [7, 11) is 0. The zero-order valence-electron chi connectivity index (χ0n) is 21.0. The number of anilines is 2. The second kappa shape index (κ2) is 11.9. The first-order valence-electron chi connectivity index (χ1n) is 11.7. The van der Waals surface area contributed by atoms with Gasteiger partial charge < -0.3 is 19.9 Å². The summed E-state index contributed by atoms with van der Waals surface area (Å²) in [5, 5.41) is 15.0. The Morgan fingerprint density at radius 1 is 0.943 bits per heavy atom. The van der Waals surface area contributed by atoms with Crippen LogP contribution in [0.2, 0.25) is 0 Å². The summed E-state index contributed by atoms with van der Waals surface area (Å²) in [6.07, 6.45) is -0.310. The number of benzene rings is 2. The molecular weight excluding hydrogens is 462 g/mol. The molecule has 0 bridgehead atoms. The molecule has 186 valence electrons. The fourth-order valence-electron chi connectivity index (χ4n) is 3.62. The molecule has 1 atom stereocenters. The van der Waals surface area contributed by atoms with Crippen molar-refractivity contribution in [3.05, 3.63) is 59.9 Å². The maximum atomic E-state index is 12.5. The van der Waals surface area contributed by atoms with E-state index in [1.807, 2.05) is 29.7 Å². The molecule has 0 aliphatic carbocycles. The summed E-state index contributed by atoms with van der Waals surface area (Å²) in [6.45, 7) is 11.8. The summed E-state index contributed by atoms with van der Waals surface area (Å²) in [4.78, 5) is 23.7. The molecular formula is C26H33N5O3S. The van der Waals surface area contributed by atoms with Gasteiger partial charge in [-0.2, -0.15) is 0 Å². The molecule has 0 aliphatic heterocycles. The predicted octanol–water partition coefficient (Wildman–Crippen LogP) is 5.81. The van der Waals surface area contributed by atoms with Crippen LogP contribution in [0.25, 0.3) is 0 Å². The summed E-state index contributed by atoms with van der Waals surface area (Å²) < 4.78 is 8.31. The lowest BCUT2D eigenvalue weighted by Gasteiger charge is -2.21. The second-order valence-electron chi connectivity index (χ2n) is 8.85. The van der Waals surface area contributed by atoms with Gasteiger partial charge in [0.1, 0.15) is 5.75 Å². The molecule has 2 amide bonds. The molecule has 0 fully saturated rings. The molecule has 0 radical (unpaired) electrons. The average molecular weight is 496 g/mol. The van der Waals surface area contributed by atoms with E-state index in [2.05, 4.69) is 54.6 Å². The monoisotopic (exact) mass is 495 g/mol. The number of nitrogens with zero attached hydrogens (tertiary/aromatic N) is 3. The first-order valence-corrected chi connectivity index (χ1v) is 12.6. The third kappa shape index (κ3) is 7.08. The van der Waals surface area contributed by atoms with Crippen molar-refractivity contribution in [1.29, 1.82) is 0 Å². The van der Waals surface area contributed by atoms with Crippen molar-refractivity contribution in [3.8, 4) is 5.75 Å². The molecule has 1 unspecified atom stereocenters. The molecule has 0 saturated heterocycles. The zero-order valence-corrected chi connectivity index (χ0v) is 21.8. The van der Waals surface area contributed by atoms with E-state index >= 15 is 0 Å². The van der Waals surface area contributed by atoms with Gasteiger partial charge in [-0.05, 0) is 62.6 Å². The highest BCUT2D eigenvalue weighted by Gasteiger charge is 2.23. The lowest BCUT2D eigenvalue weighted by molar-refractivity contribution is -0.114. The smallest absolute Gasteiger partial charge is 0.234 e. The van der Waals surface area contributed by atoms with Crippen LogP contribution in [0.4, 0.5) is 11.4 Å². The molecule has 0 saturated carbocycles. The van der Waals surface area contributed by atoms with Gasteiger partial charge in [0.05, 0.1) is 5.75 Å². The molecule has 0 aliphatic rings. The van der Waals surface area contributed by atoms with Crippen molar-refractivity contribution in [2.24, 2.45) is 0 Å². The minimum atomic E-state index is -0.310. The number of aromatic nitrogens is 3. The van der Waals surface area contributed by atoms with E-state index in [-0.39, 0.29) is 29.7 Å². The van der Waals surface area contributed by atoms with Gasteiger partial charge in [-0.1, -0.05) is 43.8 Å². The molecule has 1 heterocycles. The number of ether oxygens (including phenoxy) is 1. The minimum absolute atomic E-state index is 0.0956. The molecule has 2 aromatic carbocycles. The van der Waals surface area contributed by atoms with E-state index in [9.17, 15) is 9.59 Å². The Bertz CT molecular complexity index is 1160. The van der Waals surface area contributed by atoms with Crippen LogP contribution >= 0.6 is 11.8 Å². The van der Waals surface area contributed by atoms with Crippen molar-refractivity contribution in [2.75, 3.05) is 16.4 Å². The van der Waals surface area contributed by atoms with E-state index in [0.29, 0.717) is 22.4 Å². The van der Waals surface area contributed by atoms with Gasteiger partial charge in [0.25, 0.3) is 0 Å². The summed E-state index contributed by atoms with van der Waals surface area (Å²) in [5.41, 5.74) is 2.47. The van der Waals surface area contributed by atoms with Crippen LogP contribution in [-0.2, 0) is 9.59 Å². The molecule has 3 rings (SSSR count). The Morgan fingerprint density at radius 2 is 1.57 bits per heavy atom. The van der Waals surface area contributed by atoms with Gasteiger partial charge in [0.15, 0.2) is 17.1 Å². The largest absolute Gasteiger partial charge is 0.482 e. The van der Waals surface area contributed by atoms with Gasteiger partial charge in [-0.15, -0.1) is 10.2 Å². The Balaban J connectivity index is 1.66. The standard InChI is InChI=1S/C26H33N5O3S/c1-16(2)22-9-7-8-10-23(22)34-18(5)25-29-30-26(31(25)17(3)4)35-15-24(33)28-21-13-11-20(12-14-21)27-19(6)32/h7-14,16-18H,15H2,1-6H3,(H,27,32)(H,28,33). The molecule has 8 nitrogen and oxygen atoms in total. The number of carbonyl (C=O) groups is 2. The number of carbonyl (C=O) groups excluding carboxylic acids is 2. The second-order valence-corrected chi connectivity index (χ2v) is 9.80. The predicted molar refractivity (Wildman–Crippen MR) is 140 cm³/mol. The first-order chi connectivity index (χ1) is 16.7. The zero-order chi connectivity index (χ0) is 25.5. The van der Waals surface area contributed by atoms with Gasteiger partial charge in [0.2, 0.25) is 11.8 Å². The number of para-hydroxylation sites is 1. The van der Waals surface area contributed by atoms with Crippen LogP contribution in [0, 0.1) is 0 Å². The Labute approximate surface area is 210 Å². The van der Waals surface area contributed by atoms with Crippen LogP contribution < -0.4 is 15.4 Å². The van der Waals surface area contributed by atoms with Crippen LogP contribution in [-0.4, -0.2) is 32.3 Å². The quantitative estimate of drug-likeness (QED) is 0.344. The minimum Gasteiger partial charge on any atom is -0.482 e. The Kier molecular flexibility index (Phi) is 8.92. The first kappa shape index (κ1) is 26.3. The average Bonchev–Trinajstić information content (AvgIpc) is 3.23. The molecule has 2 N–H and O–H groups in total. The third-order valence-electron chi connectivity index (χ3n) is 5.24. The summed E-state index contributed by atoms with van der Waals surface area (Å²) in [5.74, 6) is 1.78. The SMILES string of the molecule is CC(=O)Nc1ccc(NC(=O)CSc2nnc(C(C)Oc3ccccc3C(C)C)n2C(C)C)cc1. The lowest BCUT2D eigenvalue weighted by Crippen LogP contribution is -2.17. The highest BCUT2D eigenvalue weighted by Crippen LogP contribution is 2.32. The van der Waals surface area contributed by atoms with Crippen LogP contribution in [0.1, 0.15) is 71.0 Å². The fourth-order valence-corrected chi connectivity index (χ4v) is 4.50. The van der Waals surface area contributed by atoms with Crippen molar-refractivity contribution in [1.82, 2.24) is 14.8 Å². The molecule has 9 heteroatoms. The lowest BCUT2D eigenvalue weighted by atomic mass is 10.0. The number of hydrogen-bond donors (Lipinski definition) is 2. The van der Waals surface area contributed by atoms with E-state index < -0.39 is 0 Å². The molecule has 3 aromatic rings. The number of rotatable bonds is 10. The van der Waals surface area contributed by atoms with Gasteiger partial charge in [0, 0.05) is 24.3 Å². The van der Waals surface area contributed by atoms with Gasteiger partial charge >= 0.3 is 0 Å². The van der Waals surface area contributed by atoms with Gasteiger partial charge in [-0.3, -0.25) is 9.59 Å². The van der Waals surface area contributed by atoms with E-state index in [4.69, 9.17) is 4.74 Å². The number of thioether (sulfide) groups is 1. The van der Waals surface area contributed by atoms with E-state index in [1.54, 1.807) is 24.3 Å².